The summed E-state index contributed by atoms with van der Waals surface area (Å²) in [5.74, 6) is 1.66. The van der Waals surface area contributed by atoms with Gasteiger partial charge in [-0.2, -0.15) is 5.06 Å². The van der Waals surface area contributed by atoms with Crippen LogP contribution in [-0.2, 0) is 16.1 Å². The van der Waals surface area contributed by atoms with Gasteiger partial charge in [0.2, 0.25) is 5.91 Å². The first-order chi connectivity index (χ1) is 20.9. The predicted octanol–water partition coefficient (Wildman–Crippen LogP) is 3.59. The number of para-hydroxylation sites is 1. The molecule has 44 heavy (non-hydrogen) atoms. The van der Waals surface area contributed by atoms with Crippen molar-refractivity contribution in [2.24, 2.45) is 34.8 Å². The van der Waals surface area contributed by atoms with Crippen molar-refractivity contribution in [3.63, 3.8) is 0 Å². The molecule has 242 valence electrons. The molecule has 3 saturated carbocycles. The molecule has 10 nitrogen and oxygen atoms in total. The SMILES string of the molecule is COc1c(CN2O[C@@H](CO)[C@@H]([C@H](C)O)[C@H]2OCN[C@H]2C[C@H]3C[C@@H]([C@@H]2C)C3(C)C)cccc1-c1cc(C(N)=O)cc(N(C)C)c1. The third kappa shape index (κ3) is 6.08. The summed E-state index contributed by atoms with van der Waals surface area (Å²) in [6.45, 7) is 9.18. The number of primary amides is 1. The molecule has 1 amide bonds. The topological polar surface area (TPSA) is 130 Å². The maximum Gasteiger partial charge on any atom is 0.248 e. The van der Waals surface area contributed by atoms with Crippen molar-refractivity contribution in [1.82, 2.24) is 10.4 Å². The molecule has 6 rings (SSSR count). The third-order valence-corrected chi connectivity index (χ3v) is 10.7. The summed E-state index contributed by atoms with van der Waals surface area (Å²) < 4.78 is 12.4. The monoisotopic (exact) mass is 610 g/mol. The Morgan fingerprint density at radius 2 is 2.00 bits per heavy atom. The van der Waals surface area contributed by atoms with Gasteiger partial charge in [0, 0.05) is 42.5 Å². The number of nitrogens with one attached hydrogen (secondary N) is 1. The molecule has 4 fully saturated rings. The van der Waals surface area contributed by atoms with E-state index in [0.717, 1.165) is 34.7 Å². The number of ether oxygens (including phenoxy) is 2. The molecule has 2 aromatic carbocycles. The van der Waals surface area contributed by atoms with Crippen LogP contribution in [0, 0.1) is 29.1 Å². The van der Waals surface area contributed by atoms with Crippen LogP contribution in [0.2, 0.25) is 0 Å². The number of nitrogens with zero attached hydrogens (tertiary/aromatic N) is 2. The summed E-state index contributed by atoms with van der Waals surface area (Å²) in [4.78, 5) is 20.3. The summed E-state index contributed by atoms with van der Waals surface area (Å²) in [6, 6.07) is 11.7. The van der Waals surface area contributed by atoms with Gasteiger partial charge in [-0.3, -0.25) is 14.9 Å². The van der Waals surface area contributed by atoms with E-state index in [4.69, 9.17) is 20.0 Å². The maximum absolute atomic E-state index is 12.1. The summed E-state index contributed by atoms with van der Waals surface area (Å²) >= 11 is 0. The Morgan fingerprint density at radius 1 is 1.25 bits per heavy atom. The molecule has 1 aliphatic heterocycles. The van der Waals surface area contributed by atoms with E-state index in [1.165, 1.54) is 6.42 Å². The lowest BCUT2D eigenvalue weighted by atomic mass is 9.45. The van der Waals surface area contributed by atoms with Crippen molar-refractivity contribution < 1.29 is 29.3 Å². The minimum atomic E-state index is -0.765. The number of benzene rings is 2. The zero-order valence-electron chi connectivity index (χ0n) is 27.1. The van der Waals surface area contributed by atoms with Crippen LogP contribution in [0.5, 0.6) is 5.75 Å². The van der Waals surface area contributed by atoms with Crippen molar-refractivity contribution in [3.8, 4) is 16.9 Å². The van der Waals surface area contributed by atoms with Crippen LogP contribution in [0.4, 0.5) is 5.69 Å². The number of methoxy groups -OCH3 is 1. The second-order valence-corrected chi connectivity index (χ2v) is 13.7. The molecule has 0 unspecified atom stereocenters. The molecule has 0 spiro atoms. The maximum atomic E-state index is 12.1. The number of hydroxylamine groups is 2. The number of hydrogen-bond acceptors (Lipinski definition) is 9. The van der Waals surface area contributed by atoms with E-state index >= 15 is 0 Å². The summed E-state index contributed by atoms with van der Waals surface area (Å²) in [5.41, 5.74) is 9.73. The van der Waals surface area contributed by atoms with Crippen LogP contribution in [0.25, 0.3) is 11.1 Å². The molecule has 0 aromatic heterocycles. The fraction of sp³-hybridized carbons (Fsp3) is 0.618. The van der Waals surface area contributed by atoms with Crippen molar-refractivity contribution in [3.05, 3.63) is 47.5 Å². The first-order valence-electron chi connectivity index (χ1n) is 15.7. The van der Waals surface area contributed by atoms with Crippen LogP contribution in [-0.4, -0.2) is 80.2 Å². The van der Waals surface area contributed by atoms with E-state index < -0.39 is 30.3 Å². The van der Waals surface area contributed by atoms with Gasteiger partial charge in [0.15, 0.2) is 0 Å². The first kappa shape index (κ1) is 32.7. The Hall–Kier alpha value is -2.73. The number of anilines is 1. The van der Waals surface area contributed by atoms with Gasteiger partial charge < -0.3 is 30.3 Å². The molecule has 10 heteroatoms. The van der Waals surface area contributed by atoms with Gasteiger partial charge in [0.05, 0.1) is 39.0 Å². The van der Waals surface area contributed by atoms with Crippen molar-refractivity contribution in [2.75, 3.05) is 39.4 Å². The van der Waals surface area contributed by atoms with E-state index in [1.54, 1.807) is 31.2 Å². The van der Waals surface area contributed by atoms with E-state index in [0.29, 0.717) is 41.3 Å². The average Bonchev–Trinajstić information content (AvgIpc) is 3.34. The Morgan fingerprint density at radius 3 is 2.59 bits per heavy atom. The minimum Gasteiger partial charge on any atom is -0.496 e. The number of hydrogen-bond donors (Lipinski definition) is 4. The highest BCUT2D eigenvalue weighted by Crippen LogP contribution is 2.61. The highest BCUT2D eigenvalue weighted by atomic mass is 16.7. The molecule has 8 atom stereocenters. The van der Waals surface area contributed by atoms with Crippen LogP contribution >= 0.6 is 0 Å². The number of nitrogens with two attached hydrogens (primary N) is 1. The molecule has 3 aliphatic carbocycles. The highest BCUT2D eigenvalue weighted by molar-refractivity contribution is 5.96. The van der Waals surface area contributed by atoms with E-state index in [1.807, 2.05) is 43.3 Å². The second-order valence-electron chi connectivity index (χ2n) is 13.7. The van der Waals surface area contributed by atoms with Crippen molar-refractivity contribution in [2.45, 2.75) is 71.6 Å². The summed E-state index contributed by atoms with van der Waals surface area (Å²) in [5, 5.41) is 26.3. The molecule has 0 radical (unpaired) electrons. The summed E-state index contributed by atoms with van der Waals surface area (Å²) in [6.07, 6.45) is 0.458. The number of aliphatic hydroxyl groups is 2. The summed E-state index contributed by atoms with van der Waals surface area (Å²) in [7, 11) is 5.43. The molecule has 1 saturated heterocycles. The Kier molecular flexibility index (Phi) is 9.61. The fourth-order valence-corrected chi connectivity index (χ4v) is 7.88. The number of carbonyl (C=O) groups excluding carboxylic acids is 1. The van der Waals surface area contributed by atoms with E-state index in [-0.39, 0.29) is 13.2 Å². The lowest BCUT2D eigenvalue weighted by molar-refractivity contribution is -0.227. The second kappa shape index (κ2) is 12.9. The average molecular weight is 611 g/mol. The fourth-order valence-electron chi connectivity index (χ4n) is 7.88. The van der Waals surface area contributed by atoms with E-state index in [9.17, 15) is 15.0 Å². The molecule has 2 bridgehead atoms. The Balaban J connectivity index is 1.38. The number of carbonyl (C=O) groups is 1. The molecule has 2 aromatic rings. The van der Waals surface area contributed by atoms with Gasteiger partial charge in [0.25, 0.3) is 0 Å². The van der Waals surface area contributed by atoms with Gasteiger partial charge in [-0.05, 0) is 66.7 Å². The van der Waals surface area contributed by atoms with Gasteiger partial charge in [-0.1, -0.05) is 39.0 Å². The van der Waals surface area contributed by atoms with Crippen LogP contribution in [0.15, 0.2) is 36.4 Å². The van der Waals surface area contributed by atoms with Crippen LogP contribution in [0.1, 0.15) is 56.5 Å². The molecular weight excluding hydrogens is 560 g/mol. The molecule has 1 heterocycles. The molecule has 5 N–H and O–H groups in total. The molecule has 4 aliphatic rings. The van der Waals surface area contributed by atoms with Crippen molar-refractivity contribution >= 4 is 11.6 Å². The van der Waals surface area contributed by atoms with E-state index in [2.05, 4.69) is 26.1 Å². The number of aliphatic hydroxyl groups excluding tert-OH is 2. The van der Waals surface area contributed by atoms with Gasteiger partial charge in [0.1, 0.15) is 18.1 Å². The van der Waals surface area contributed by atoms with Crippen molar-refractivity contribution in [1.29, 1.82) is 0 Å². The normalized spacial score (nSPS) is 30.1. The number of amides is 1. The van der Waals surface area contributed by atoms with Gasteiger partial charge >= 0.3 is 0 Å². The third-order valence-electron chi connectivity index (χ3n) is 10.7. The number of rotatable bonds is 12. The molecular formula is C34H50N4O6. The predicted molar refractivity (Wildman–Crippen MR) is 170 cm³/mol. The standard InChI is InChI=1S/C34H50N4O6/c1-19-27-14-24(34(27,3)4)15-28(19)36-18-43-33-30(20(2)40)29(17-39)44-38(33)16-21-9-8-10-26(31(21)42-7)22-11-23(32(35)41)13-25(12-22)37(5)6/h8-13,19-20,24,27-30,33,36,39-40H,14-18H2,1-7H3,(H2,35,41)/t19-,20-,24+,27-,28-,29-,30+,33+/m0/s1. The van der Waals surface area contributed by atoms with Crippen LogP contribution < -0.4 is 20.7 Å². The van der Waals surface area contributed by atoms with Gasteiger partial charge in [-0.15, -0.1) is 0 Å². The van der Waals surface area contributed by atoms with Gasteiger partial charge in [-0.25, -0.2) is 0 Å². The Bertz CT molecular complexity index is 1330. The van der Waals surface area contributed by atoms with Crippen LogP contribution in [0.3, 0.4) is 0 Å². The highest BCUT2D eigenvalue weighted by Gasteiger charge is 2.56. The first-order valence-corrected chi connectivity index (χ1v) is 15.7. The zero-order chi connectivity index (χ0) is 31.9. The lowest BCUT2D eigenvalue weighted by Crippen LogP contribution is -2.60. The minimum absolute atomic E-state index is 0.248. The quantitative estimate of drug-likeness (QED) is 0.267. The smallest absolute Gasteiger partial charge is 0.248 e. The largest absolute Gasteiger partial charge is 0.496 e. The Labute approximate surface area is 261 Å². The lowest BCUT2D eigenvalue weighted by Gasteiger charge is -2.62. The number of fused-ring (bicyclic) bond motifs is 2. The zero-order valence-corrected chi connectivity index (χ0v) is 27.1.